The molecule has 7 heteroatoms. The third kappa shape index (κ3) is 4.05. The number of amides is 2. The molecule has 1 saturated heterocycles. The average Bonchev–Trinajstić information content (AvgIpc) is 3.45. The highest BCUT2D eigenvalue weighted by atomic mass is 16.4. The van der Waals surface area contributed by atoms with Gasteiger partial charge in [0.2, 0.25) is 11.8 Å². The second kappa shape index (κ2) is 7.10. The van der Waals surface area contributed by atoms with Gasteiger partial charge in [-0.25, -0.2) is 4.79 Å². The molecular weight excluding hydrogens is 372 g/mol. The van der Waals surface area contributed by atoms with Crippen LogP contribution in [-0.2, 0) is 19.2 Å². The molecule has 29 heavy (non-hydrogen) atoms. The van der Waals surface area contributed by atoms with Crippen LogP contribution in [0.4, 0.5) is 0 Å². The van der Waals surface area contributed by atoms with Gasteiger partial charge < -0.3 is 15.3 Å². The van der Waals surface area contributed by atoms with Crippen molar-refractivity contribution in [2.24, 2.45) is 34.5 Å². The summed E-state index contributed by atoms with van der Waals surface area (Å²) in [4.78, 5) is 51.5. The molecule has 0 aromatic heterocycles. The van der Waals surface area contributed by atoms with Gasteiger partial charge in [-0.3, -0.25) is 14.4 Å². The Bertz CT molecular complexity index is 734. The van der Waals surface area contributed by atoms with Crippen LogP contribution < -0.4 is 5.32 Å². The number of likely N-dealkylation sites (tertiary alicyclic amines) is 1. The molecule has 7 nitrogen and oxygen atoms in total. The molecule has 0 aromatic carbocycles. The molecule has 0 radical (unpaired) electrons. The topological polar surface area (TPSA) is 104 Å². The SMILES string of the molecule is C[C@H](C(=O)N1CC2C([C@H]1C(=O)NC(CC1CC1)C(=O)C(=O)O)C2(C)C)C(C)(C)C. The number of piperidine rings is 1. The molecule has 3 unspecified atom stereocenters. The van der Waals surface area contributed by atoms with Crippen LogP contribution in [0, 0.1) is 34.5 Å². The van der Waals surface area contributed by atoms with Crippen molar-refractivity contribution in [3.63, 3.8) is 0 Å². The van der Waals surface area contributed by atoms with Gasteiger partial charge in [0.15, 0.2) is 0 Å². The lowest BCUT2D eigenvalue weighted by atomic mass is 9.81. The van der Waals surface area contributed by atoms with E-state index in [1.165, 1.54) is 0 Å². The molecule has 3 rings (SSSR count). The van der Waals surface area contributed by atoms with E-state index >= 15 is 0 Å². The lowest BCUT2D eigenvalue weighted by Gasteiger charge is -2.36. The molecule has 2 amide bonds. The quantitative estimate of drug-likeness (QED) is 0.630. The van der Waals surface area contributed by atoms with Crippen LogP contribution in [0.3, 0.4) is 0 Å². The first-order valence-electron chi connectivity index (χ1n) is 10.6. The first-order chi connectivity index (χ1) is 13.3. The van der Waals surface area contributed by atoms with Crippen LogP contribution in [0.25, 0.3) is 0 Å². The van der Waals surface area contributed by atoms with Gasteiger partial charge in [0, 0.05) is 12.5 Å². The van der Waals surface area contributed by atoms with Crippen molar-refractivity contribution in [3.05, 3.63) is 0 Å². The highest BCUT2D eigenvalue weighted by molar-refractivity contribution is 6.35. The van der Waals surface area contributed by atoms with Gasteiger partial charge in [0.1, 0.15) is 6.04 Å². The maximum Gasteiger partial charge on any atom is 0.374 e. The van der Waals surface area contributed by atoms with E-state index in [0.29, 0.717) is 13.0 Å². The highest BCUT2D eigenvalue weighted by Crippen LogP contribution is 2.65. The number of nitrogens with one attached hydrogen (secondary N) is 1. The van der Waals surface area contributed by atoms with Gasteiger partial charge in [-0.1, -0.05) is 54.4 Å². The minimum Gasteiger partial charge on any atom is -0.475 e. The molecule has 2 saturated carbocycles. The number of hydrogen-bond donors (Lipinski definition) is 2. The van der Waals surface area contributed by atoms with E-state index in [0.717, 1.165) is 12.8 Å². The third-order valence-electron chi connectivity index (χ3n) is 7.54. The van der Waals surface area contributed by atoms with Crippen molar-refractivity contribution < 1.29 is 24.3 Å². The lowest BCUT2D eigenvalue weighted by Crippen LogP contribution is -2.55. The van der Waals surface area contributed by atoms with E-state index in [4.69, 9.17) is 5.11 Å². The number of rotatable bonds is 7. The molecule has 3 aliphatic rings. The van der Waals surface area contributed by atoms with Crippen LogP contribution in [-0.4, -0.2) is 52.2 Å². The van der Waals surface area contributed by atoms with Gasteiger partial charge in [-0.15, -0.1) is 0 Å². The van der Waals surface area contributed by atoms with Crippen LogP contribution in [0.2, 0.25) is 0 Å². The summed E-state index contributed by atoms with van der Waals surface area (Å²) in [5, 5.41) is 11.9. The molecule has 0 aromatic rings. The second-order valence-electron chi connectivity index (χ2n) is 10.9. The van der Waals surface area contributed by atoms with Crippen molar-refractivity contribution >= 4 is 23.6 Å². The van der Waals surface area contributed by atoms with E-state index in [1.54, 1.807) is 4.90 Å². The van der Waals surface area contributed by atoms with E-state index in [-0.39, 0.29) is 40.4 Å². The van der Waals surface area contributed by atoms with Crippen molar-refractivity contribution in [1.82, 2.24) is 10.2 Å². The monoisotopic (exact) mass is 406 g/mol. The molecule has 3 fully saturated rings. The van der Waals surface area contributed by atoms with Crippen LogP contribution >= 0.6 is 0 Å². The number of carboxylic acid groups (broad SMARTS) is 1. The summed E-state index contributed by atoms with van der Waals surface area (Å²) in [7, 11) is 0. The molecule has 0 spiro atoms. The molecule has 162 valence electrons. The zero-order chi connectivity index (χ0) is 21.9. The van der Waals surface area contributed by atoms with Crippen molar-refractivity contribution in [2.45, 2.75) is 72.9 Å². The standard InChI is InChI=1S/C22H34N2O5/c1-11(21(2,3)4)19(27)24-10-13-15(22(13,5)6)16(24)18(26)23-14(9-12-7-8-12)17(25)20(28)29/h11-16H,7-10H2,1-6H3,(H,23,26)(H,28,29)/t11-,13?,14?,15?,16+/m1/s1. The number of hydrogen-bond acceptors (Lipinski definition) is 4. The fraction of sp³-hybridized carbons (Fsp3) is 0.818. The molecule has 2 aliphatic carbocycles. The predicted molar refractivity (Wildman–Crippen MR) is 107 cm³/mol. The Morgan fingerprint density at radius 3 is 2.24 bits per heavy atom. The predicted octanol–water partition coefficient (Wildman–Crippen LogP) is 2.09. The van der Waals surface area contributed by atoms with Gasteiger partial charge in [0.25, 0.3) is 5.78 Å². The van der Waals surface area contributed by atoms with Gasteiger partial charge in [-0.2, -0.15) is 0 Å². The van der Waals surface area contributed by atoms with E-state index in [1.807, 2.05) is 27.7 Å². The minimum absolute atomic E-state index is 0.0352. The first-order valence-corrected chi connectivity index (χ1v) is 10.6. The smallest absolute Gasteiger partial charge is 0.374 e. The van der Waals surface area contributed by atoms with Crippen LogP contribution in [0.1, 0.15) is 60.8 Å². The van der Waals surface area contributed by atoms with E-state index < -0.39 is 29.7 Å². The number of fused-ring (bicyclic) bond motifs is 1. The Labute approximate surface area is 172 Å². The largest absolute Gasteiger partial charge is 0.475 e. The number of aliphatic carboxylic acids is 1. The maximum atomic E-state index is 13.2. The second-order valence-corrected chi connectivity index (χ2v) is 10.9. The maximum absolute atomic E-state index is 13.2. The van der Waals surface area contributed by atoms with Gasteiger partial charge >= 0.3 is 5.97 Å². The van der Waals surface area contributed by atoms with Gasteiger partial charge in [-0.05, 0) is 35.0 Å². The minimum atomic E-state index is -1.53. The number of carbonyl (C=O) groups is 4. The summed E-state index contributed by atoms with van der Waals surface area (Å²) >= 11 is 0. The first kappa shape index (κ1) is 21.8. The van der Waals surface area contributed by atoms with Crippen molar-refractivity contribution in [3.8, 4) is 0 Å². The fourth-order valence-electron chi connectivity index (χ4n) is 4.76. The normalized spacial score (nSPS) is 29.6. The molecular formula is C22H34N2O5. The van der Waals surface area contributed by atoms with Crippen LogP contribution in [0.5, 0.6) is 0 Å². The summed E-state index contributed by atoms with van der Waals surface area (Å²) in [5.41, 5.74) is -0.263. The molecule has 1 heterocycles. The zero-order valence-electron chi connectivity index (χ0n) is 18.3. The van der Waals surface area contributed by atoms with Crippen molar-refractivity contribution in [2.75, 3.05) is 6.54 Å². The number of Topliss-reactive ketones (excluding diaryl/α,β-unsaturated/α-hetero) is 1. The Balaban J connectivity index is 1.79. The zero-order valence-corrected chi connectivity index (χ0v) is 18.3. The molecule has 5 atom stereocenters. The summed E-state index contributed by atoms with van der Waals surface area (Å²) in [5.74, 6) is -2.61. The number of nitrogens with zero attached hydrogens (tertiary/aromatic N) is 1. The Morgan fingerprint density at radius 1 is 1.17 bits per heavy atom. The third-order valence-corrected chi connectivity index (χ3v) is 7.54. The summed E-state index contributed by atoms with van der Waals surface area (Å²) in [6.07, 6.45) is 2.26. The van der Waals surface area contributed by atoms with Crippen molar-refractivity contribution in [1.29, 1.82) is 0 Å². The Hall–Kier alpha value is -1.92. The highest BCUT2D eigenvalue weighted by Gasteiger charge is 2.69. The summed E-state index contributed by atoms with van der Waals surface area (Å²) in [6.45, 7) is 12.6. The van der Waals surface area contributed by atoms with E-state index in [2.05, 4.69) is 19.2 Å². The average molecular weight is 407 g/mol. The van der Waals surface area contributed by atoms with Crippen LogP contribution in [0.15, 0.2) is 0 Å². The molecule has 1 aliphatic heterocycles. The molecule has 2 N–H and O–H groups in total. The summed E-state index contributed by atoms with van der Waals surface area (Å²) < 4.78 is 0. The Morgan fingerprint density at radius 2 is 1.76 bits per heavy atom. The number of carbonyl (C=O) groups excluding carboxylic acids is 3. The number of carboxylic acids is 1. The van der Waals surface area contributed by atoms with E-state index in [9.17, 15) is 19.2 Å². The fourth-order valence-corrected chi connectivity index (χ4v) is 4.76. The lowest BCUT2D eigenvalue weighted by molar-refractivity contribution is -0.151. The number of ketones is 1. The summed E-state index contributed by atoms with van der Waals surface area (Å²) in [6, 6.07) is -1.67. The Kier molecular flexibility index (Phi) is 5.33. The van der Waals surface area contributed by atoms with Gasteiger partial charge in [0.05, 0.1) is 6.04 Å². The molecule has 0 bridgehead atoms.